The highest BCUT2D eigenvalue weighted by molar-refractivity contribution is 5.99. The van der Waals surface area contributed by atoms with Crippen LogP contribution in [0.1, 0.15) is 36.2 Å². The average Bonchev–Trinajstić information content (AvgIpc) is 2.44. The largest absolute Gasteiger partial charge is 0.384 e. The molecular weight excluding hydrogens is 250 g/mol. The van der Waals surface area contributed by atoms with Gasteiger partial charge in [-0.15, -0.1) is 0 Å². The molecule has 1 rings (SSSR count). The minimum atomic E-state index is -0.00638. The Kier molecular flexibility index (Phi) is 7.09. The maximum Gasteiger partial charge on any atom is 0.253 e. The average molecular weight is 277 g/mol. The van der Waals surface area contributed by atoms with E-state index >= 15 is 0 Å². The summed E-state index contributed by atoms with van der Waals surface area (Å²) in [7, 11) is 2.05. The molecule has 0 radical (unpaired) electrons. The monoisotopic (exact) mass is 277 g/mol. The standard InChI is InChI=1S/C16H27N3O/c1-5-9-17-15-12-13(3)7-8-14(15)16(20)18-10-11-19(4)6-2/h7-8,12,17H,5-6,9-11H2,1-4H3,(H,18,20). The molecule has 2 N–H and O–H groups in total. The van der Waals surface area contributed by atoms with Gasteiger partial charge in [-0.25, -0.2) is 0 Å². The molecule has 0 bridgehead atoms. The highest BCUT2D eigenvalue weighted by atomic mass is 16.1. The Balaban J connectivity index is 2.66. The molecule has 0 aliphatic carbocycles. The number of hydrogen-bond donors (Lipinski definition) is 2. The van der Waals surface area contributed by atoms with Crippen LogP contribution in [0.5, 0.6) is 0 Å². The Morgan fingerprint density at radius 2 is 2.00 bits per heavy atom. The van der Waals surface area contributed by atoms with Crippen molar-refractivity contribution in [3.05, 3.63) is 29.3 Å². The lowest BCUT2D eigenvalue weighted by molar-refractivity contribution is 0.0951. The van der Waals surface area contributed by atoms with E-state index in [0.29, 0.717) is 6.54 Å². The van der Waals surface area contributed by atoms with Crippen molar-refractivity contribution < 1.29 is 4.79 Å². The summed E-state index contributed by atoms with van der Waals surface area (Å²) >= 11 is 0. The van der Waals surface area contributed by atoms with Crippen molar-refractivity contribution in [3.63, 3.8) is 0 Å². The lowest BCUT2D eigenvalue weighted by Gasteiger charge is -2.15. The van der Waals surface area contributed by atoms with Crippen LogP contribution in [0.3, 0.4) is 0 Å². The molecule has 0 fully saturated rings. The second-order valence-corrected chi connectivity index (χ2v) is 5.13. The Morgan fingerprint density at radius 1 is 1.25 bits per heavy atom. The number of amides is 1. The van der Waals surface area contributed by atoms with Crippen LogP contribution in [0.4, 0.5) is 5.69 Å². The van der Waals surface area contributed by atoms with Crippen LogP contribution >= 0.6 is 0 Å². The zero-order valence-corrected chi connectivity index (χ0v) is 13.1. The molecule has 0 atom stereocenters. The fraction of sp³-hybridized carbons (Fsp3) is 0.562. The summed E-state index contributed by atoms with van der Waals surface area (Å²) < 4.78 is 0. The highest BCUT2D eigenvalue weighted by Gasteiger charge is 2.11. The summed E-state index contributed by atoms with van der Waals surface area (Å²) in [5.74, 6) is -0.00638. The number of hydrogen-bond acceptors (Lipinski definition) is 3. The van der Waals surface area contributed by atoms with Gasteiger partial charge < -0.3 is 15.5 Å². The third-order valence-electron chi connectivity index (χ3n) is 3.30. The van der Waals surface area contributed by atoms with Crippen LogP contribution < -0.4 is 10.6 Å². The summed E-state index contributed by atoms with van der Waals surface area (Å²) in [4.78, 5) is 14.4. The summed E-state index contributed by atoms with van der Waals surface area (Å²) in [6.45, 7) is 9.66. The quantitative estimate of drug-likeness (QED) is 0.767. The van der Waals surface area contributed by atoms with Gasteiger partial charge in [0.05, 0.1) is 5.56 Å². The maximum atomic E-state index is 12.2. The third kappa shape index (κ3) is 5.21. The Morgan fingerprint density at radius 3 is 2.65 bits per heavy atom. The summed E-state index contributed by atoms with van der Waals surface area (Å²) in [5.41, 5.74) is 2.81. The number of likely N-dealkylation sites (N-methyl/N-ethyl adjacent to an activating group) is 1. The minimum Gasteiger partial charge on any atom is -0.384 e. The van der Waals surface area contributed by atoms with Crippen molar-refractivity contribution in [2.24, 2.45) is 0 Å². The zero-order valence-electron chi connectivity index (χ0n) is 13.1. The number of rotatable bonds is 8. The number of aryl methyl sites for hydroxylation is 1. The van der Waals surface area contributed by atoms with Gasteiger partial charge in [0.15, 0.2) is 0 Å². The highest BCUT2D eigenvalue weighted by Crippen LogP contribution is 2.17. The molecule has 0 saturated heterocycles. The number of nitrogens with one attached hydrogen (secondary N) is 2. The van der Waals surface area contributed by atoms with E-state index in [4.69, 9.17) is 0 Å². The van der Waals surface area contributed by atoms with Gasteiger partial charge in [-0.05, 0) is 44.6 Å². The molecule has 0 aliphatic rings. The molecule has 0 aromatic heterocycles. The molecule has 4 heteroatoms. The van der Waals surface area contributed by atoms with Crippen molar-refractivity contribution in [1.29, 1.82) is 0 Å². The minimum absolute atomic E-state index is 0.00638. The molecule has 1 aromatic rings. The van der Waals surface area contributed by atoms with Gasteiger partial charge in [-0.1, -0.05) is 19.9 Å². The topological polar surface area (TPSA) is 44.4 Å². The number of carbonyl (C=O) groups is 1. The third-order valence-corrected chi connectivity index (χ3v) is 3.30. The van der Waals surface area contributed by atoms with E-state index in [2.05, 4.69) is 29.4 Å². The maximum absolute atomic E-state index is 12.2. The van der Waals surface area contributed by atoms with E-state index in [1.807, 2.05) is 32.2 Å². The lowest BCUT2D eigenvalue weighted by Crippen LogP contribution is -2.33. The smallest absolute Gasteiger partial charge is 0.253 e. The zero-order chi connectivity index (χ0) is 15.0. The molecule has 1 amide bonds. The van der Waals surface area contributed by atoms with Gasteiger partial charge in [0.1, 0.15) is 0 Å². The number of benzene rings is 1. The molecule has 1 aromatic carbocycles. The molecule has 0 aliphatic heterocycles. The fourth-order valence-corrected chi connectivity index (χ4v) is 1.88. The van der Waals surface area contributed by atoms with E-state index in [0.717, 1.165) is 42.9 Å². The number of carbonyl (C=O) groups excluding carboxylic acids is 1. The Bertz CT molecular complexity index is 432. The van der Waals surface area contributed by atoms with E-state index < -0.39 is 0 Å². The molecule has 112 valence electrons. The van der Waals surface area contributed by atoms with Crippen LogP contribution in [-0.2, 0) is 0 Å². The molecule has 4 nitrogen and oxygen atoms in total. The molecule has 0 saturated carbocycles. The van der Waals surface area contributed by atoms with Crippen molar-refractivity contribution in [3.8, 4) is 0 Å². The van der Waals surface area contributed by atoms with Crippen LogP contribution in [0.15, 0.2) is 18.2 Å². The lowest BCUT2D eigenvalue weighted by atomic mass is 10.1. The second-order valence-electron chi connectivity index (χ2n) is 5.13. The summed E-state index contributed by atoms with van der Waals surface area (Å²) in [6.07, 6.45) is 1.04. The first-order valence-electron chi connectivity index (χ1n) is 7.39. The first-order valence-corrected chi connectivity index (χ1v) is 7.39. The van der Waals surface area contributed by atoms with Crippen LogP contribution in [0, 0.1) is 6.92 Å². The van der Waals surface area contributed by atoms with E-state index in [1.165, 1.54) is 0 Å². The Hall–Kier alpha value is -1.55. The van der Waals surface area contributed by atoms with Gasteiger partial charge in [-0.3, -0.25) is 4.79 Å². The van der Waals surface area contributed by atoms with Crippen LogP contribution in [-0.4, -0.2) is 44.0 Å². The fourth-order valence-electron chi connectivity index (χ4n) is 1.88. The van der Waals surface area contributed by atoms with Crippen molar-refractivity contribution in [1.82, 2.24) is 10.2 Å². The summed E-state index contributed by atoms with van der Waals surface area (Å²) in [6, 6.07) is 5.90. The molecule has 0 heterocycles. The predicted octanol–water partition coefficient (Wildman–Crippen LogP) is 2.50. The molecule has 0 unspecified atom stereocenters. The van der Waals surface area contributed by atoms with Gasteiger partial charge in [0, 0.05) is 25.3 Å². The molecule has 20 heavy (non-hydrogen) atoms. The Labute approximate surface area is 122 Å². The first kappa shape index (κ1) is 16.5. The van der Waals surface area contributed by atoms with Crippen LogP contribution in [0.25, 0.3) is 0 Å². The first-order chi connectivity index (χ1) is 9.58. The predicted molar refractivity (Wildman–Crippen MR) is 85.5 cm³/mol. The number of nitrogens with zero attached hydrogens (tertiary/aromatic N) is 1. The van der Waals surface area contributed by atoms with E-state index in [-0.39, 0.29) is 5.91 Å². The SMILES string of the molecule is CCCNc1cc(C)ccc1C(=O)NCCN(C)CC. The second kappa shape index (κ2) is 8.59. The van der Waals surface area contributed by atoms with Gasteiger partial charge in [-0.2, -0.15) is 0 Å². The van der Waals surface area contributed by atoms with Gasteiger partial charge in [0.25, 0.3) is 5.91 Å². The van der Waals surface area contributed by atoms with Crippen molar-refractivity contribution in [2.45, 2.75) is 27.2 Å². The normalized spacial score (nSPS) is 10.7. The summed E-state index contributed by atoms with van der Waals surface area (Å²) in [5, 5.41) is 6.30. The van der Waals surface area contributed by atoms with E-state index in [9.17, 15) is 4.79 Å². The molecule has 0 spiro atoms. The van der Waals surface area contributed by atoms with Crippen molar-refractivity contribution in [2.75, 3.05) is 38.5 Å². The van der Waals surface area contributed by atoms with Crippen molar-refractivity contribution >= 4 is 11.6 Å². The molecular formula is C16H27N3O. The number of anilines is 1. The van der Waals surface area contributed by atoms with Gasteiger partial charge in [0.2, 0.25) is 0 Å². The van der Waals surface area contributed by atoms with E-state index in [1.54, 1.807) is 0 Å². The van der Waals surface area contributed by atoms with Gasteiger partial charge >= 0.3 is 0 Å². The van der Waals surface area contributed by atoms with Crippen LogP contribution in [0.2, 0.25) is 0 Å².